The number of rotatable bonds is 3. The van der Waals surface area contributed by atoms with Crippen molar-refractivity contribution in [2.24, 2.45) is 0 Å². The van der Waals surface area contributed by atoms with Crippen LogP contribution < -0.4 is 9.84 Å². The van der Waals surface area contributed by atoms with Gasteiger partial charge in [0.05, 0.1) is 6.26 Å². The lowest BCUT2D eigenvalue weighted by molar-refractivity contribution is -0.245. The molecular weight excluding hydrogens is 200 g/mol. The van der Waals surface area contributed by atoms with Crippen LogP contribution in [0.1, 0.15) is 5.56 Å². The first-order chi connectivity index (χ1) is 7.86. The Bertz CT molecular complexity index is 461. The molecule has 0 unspecified atom stereocenters. The van der Waals surface area contributed by atoms with Crippen LogP contribution in [0.5, 0.6) is 5.75 Å². The van der Waals surface area contributed by atoms with Crippen LogP contribution in [0.4, 0.5) is 0 Å². The molecule has 0 N–H and O–H groups in total. The van der Waals surface area contributed by atoms with Crippen LogP contribution in [-0.4, -0.2) is 0 Å². The van der Waals surface area contributed by atoms with Crippen molar-refractivity contribution in [3.05, 3.63) is 72.5 Å². The highest BCUT2D eigenvalue weighted by atomic mass is 16.5. The molecule has 0 saturated heterocycles. The Morgan fingerprint density at radius 1 is 0.875 bits per heavy atom. The molecule has 16 heavy (non-hydrogen) atoms. The Hall–Kier alpha value is -2.22. The molecule has 2 heteroatoms. The van der Waals surface area contributed by atoms with E-state index in [0.717, 1.165) is 0 Å². The molecule has 0 bridgehead atoms. The number of hydrogen-bond donors (Lipinski definition) is 0. The summed E-state index contributed by atoms with van der Waals surface area (Å²) in [5, 5.41) is 11.6. The van der Waals surface area contributed by atoms with Crippen molar-refractivity contribution in [2.45, 2.75) is 0 Å². The first kappa shape index (κ1) is 10.3. The maximum atomic E-state index is 11.6. The second-order valence-electron chi connectivity index (χ2n) is 3.28. The van der Waals surface area contributed by atoms with Gasteiger partial charge in [0.2, 0.25) is 0 Å². The fraction of sp³-hybridized carbons (Fsp3) is 0. The number of hydrogen-bond acceptors (Lipinski definition) is 2. The molecule has 0 aliphatic carbocycles. The lowest BCUT2D eigenvalue weighted by Crippen LogP contribution is -2.03. The second-order valence-corrected chi connectivity index (χ2v) is 3.28. The lowest BCUT2D eigenvalue weighted by atomic mass is 10.2. The first-order valence-corrected chi connectivity index (χ1v) is 5.00. The SMILES string of the molecule is [O-]/C(=C\Oc1ccccc1)c1ccccc1. The third-order valence-corrected chi connectivity index (χ3v) is 2.10. The molecule has 0 amide bonds. The van der Waals surface area contributed by atoms with Gasteiger partial charge in [-0.05, 0) is 17.7 Å². The molecule has 80 valence electrons. The molecule has 2 aromatic rings. The number of ether oxygens (including phenoxy) is 1. The highest BCUT2D eigenvalue weighted by Crippen LogP contribution is 2.12. The van der Waals surface area contributed by atoms with E-state index in [1.807, 2.05) is 36.4 Å². The van der Waals surface area contributed by atoms with E-state index in [0.29, 0.717) is 11.3 Å². The maximum absolute atomic E-state index is 11.6. The van der Waals surface area contributed by atoms with E-state index in [1.165, 1.54) is 6.26 Å². The van der Waals surface area contributed by atoms with Gasteiger partial charge in [-0.2, -0.15) is 0 Å². The zero-order valence-electron chi connectivity index (χ0n) is 8.67. The molecule has 0 saturated carbocycles. The molecule has 0 aromatic heterocycles. The normalized spacial score (nSPS) is 11.1. The molecule has 0 fully saturated rings. The summed E-state index contributed by atoms with van der Waals surface area (Å²) in [7, 11) is 0. The highest BCUT2D eigenvalue weighted by Gasteiger charge is 1.90. The summed E-state index contributed by atoms with van der Waals surface area (Å²) in [6.45, 7) is 0. The average molecular weight is 211 g/mol. The second kappa shape index (κ2) is 5.03. The summed E-state index contributed by atoms with van der Waals surface area (Å²) in [6.07, 6.45) is 1.23. The van der Waals surface area contributed by atoms with E-state index in [-0.39, 0.29) is 5.76 Å². The lowest BCUT2D eigenvalue weighted by Gasteiger charge is -2.11. The van der Waals surface area contributed by atoms with Gasteiger partial charge in [0.1, 0.15) is 5.75 Å². The minimum Gasteiger partial charge on any atom is -0.870 e. The predicted octanol–water partition coefficient (Wildman–Crippen LogP) is 2.42. The van der Waals surface area contributed by atoms with Crippen LogP contribution in [0.25, 0.3) is 5.76 Å². The summed E-state index contributed by atoms with van der Waals surface area (Å²) < 4.78 is 5.25. The smallest absolute Gasteiger partial charge is 0.126 e. The van der Waals surface area contributed by atoms with Crippen molar-refractivity contribution in [3.63, 3.8) is 0 Å². The Balaban J connectivity index is 2.09. The molecule has 2 nitrogen and oxygen atoms in total. The van der Waals surface area contributed by atoms with E-state index in [9.17, 15) is 5.11 Å². The third kappa shape index (κ3) is 2.64. The van der Waals surface area contributed by atoms with Crippen LogP contribution in [0.2, 0.25) is 0 Å². The van der Waals surface area contributed by atoms with Crippen LogP contribution in [0, 0.1) is 0 Å². The average Bonchev–Trinajstić information content (AvgIpc) is 2.38. The Kier molecular flexibility index (Phi) is 3.24. The van der Waals surface area contributed by atoms with Gasteiger partial charge in [-0.15, -0.1) is 0 Å². The minimum absolute atomic E-state index is 0.135. The van der Waals surface area contributed by atoms with Gasteiger partial charge in [-0.3, -0.25) is 0 Å². The molecule has 0 aliphatic heterocycles. The highest BCUT2D eigenvalue weighted by molar-refractivity contribution is 5.55. The Labute approximate surface area is 94.4 Å². The number of para-hydroxylation sites is 1. The van der Waals surface area contributed by atoms with Crippen LogP contribution >= 0.6 is 0 Å². The zero-order chi connectivity index (χ0) is 11.2. The van der Waals surface area contributed by atoms with Crippen molar-refractivity contribution in [1.29, 1.82) is 0 Å². The van der Waals surface area contributed by atoms with E-state index in [2.05, 4.69) is 0 Å². The van der Waals surface area contributed by atoms with Gasteiger partial charge < -0.3 is 9.84 Å². The quantitative estimate of drug-likeness (QED) is 0.730. The summed E-state index contributed by atoms with van der Waals surface area (Å²) in [5.41, 5.74) is 0.624. The monoisotopic (exact) mass is 211 g/mol. The fourth-order valence-corrected chi connectivity index (χ4v) is 1.29. The van der Waals surface area contributed by atoms with Gasteiger partial charge in [0, 0.05) is 0 Å². The standard InChI is InChI=1S/C14H12O2/c15-14(12-7-3-1-4-8-12)11-16-13-9-5-2-6-10-13/h1-11,15H/p-1/b14-11-. The molecular formula is C14H11O2-. The molecule has 0 atom stereocenters. The maximum Gasteiger partial charge on any atom is 0.126 e. The van der Waals surface area contributed by atoms with Crippen molar-refractivity contribution in [3.8, 4) is 5.75 Å². The van der Waals surface area contributed by atoms with Gasteiger partial charge in [0.15, 0.2) is 0 Å². The van der Waals surface area contributed by atoms with Crippen LogP contribution in [0.3, 0.4) is 0 Å². The zero-order valence-corrected chi connectivity index (χ0v) is 8.67. The van der Waals surface area contributed by atoms with Gasteiger partial charge >= 0.3 is 0 Å². The van der Waals surface area contributed by atoms with E-state index in [4.69, 9.17) is 4.74 Å². The summed E-state index contributed by atoms with van der Waals surface area (Å²) in [6, 6.07) is 18.2. The van der Waals surface area contributed by atoms with Gasteiger partial charge in [-0.1, -0.05) is 54.3 Å². The predicted molar refractivity (Wildman–Crippen MR) is 61.5 cm³/mol. The molecule has 2 rings (SSSR count). The van der Waals surface area contributed by atoms with Crippen molar-refractivity contribution in [1.82, 2.24) is 0 Å². The third-order valence-electron chi connectivity index (χ3n) is 2.10. The number of benzene rings is 2. The largest absolute Gasteiger partial charge is 0.870 e. The van der Waals surface area contributed by atoms with Crippen molar-refractivity contribution in [2.75, 3.05) is 0 Å². The molecule has 2 aromatic carbocycles. The van der Waals surface area contributed by atoms with E-state index < -0.39 is 0 Å². The fourth-order valence-electron chi connectivity index (χ4n) is 1.29. The minimum atomic E-state index is -0.135. The van der Waals surface area contributed by atoms with Crippen molar-refractivity contribution < 1.29 is 9.84 Å². The molecule has 0 radical (unpaired) electrons. The molecule has 0 aliphatic rings. The Morgan fingerprint density at radius 3 is 2.06 bits per heavy atom. The van der Waals surface area contributed by atoms with E-state index in [1.54, 1.807) is 24.3 Å². The summed E-state index contributed by atoms with van der Waals surface area (Å²) >= 11 is 0. The first-order valence-electron chi connectivity index (χ1n) is 5.00. The molecule has 0 heterocycles. The van der Waals surface area contributed by atoms with Crippen molar-refractivity contribution >= 4 is 5.76 Å². The van der Waals surface area contributed by atoms with Gasteiger partial charge in [0.25, 0.3) is 0 Å². The van der Waals surface area contributed by atoms with Gasteiger partial charge in [-0.25, -0.2) is 0 Å². The van der Waals surface area contributed by atoms with Crippen LogP contribution in [-0.2, 0) is 0 Å². The Morgan fingerprint density at radius 2 is 1.44 bits per heavy atom. The topological polar surface area (TPSA) is 32.3 Å². The van der Waals surface area contributed by atoms with Crippen LogP contribution in [0.15, 0.2) is 66.9 Å². The summed E-state index contributed by atoms with van der Waals surface area (Å²) in [5.74, 6) is 0.524. The summed E-state index contributed by atoms with van der Waals surface area (Å²) in [4.78, 5) is 0. The van der Waals surface area contributed by atoms with E-state index >= 15 is 0 Å². The molecule has 0 spiro atoms.